The van der Waals surface area contributed by atoms with Crippen LogP contribution in [0.3, 0.4) is 0 Å². The first-order chi connectivity index (χ1) is 30.3. The van der Waals surface area contributed by atoms with Crippen molar-refractivity contribution >= 4 is 74.3 Å². The minimum Gasteiger partial charge on any atom is -0.508 e. The number of halogens is 4. The molecule has 13 heteroatoms. The molecule has 0 aliphatic carbocycles. The monoisotopic (exact) mass is 1080 g/mol. The van der Waals surface area contributed by atoms with Gasteiger partial charge in [-0.25, -0.2) is 8.78 Å². The van der Waals surface area contributed by atoms with E-state index in [1.165, 1.54) is 31.2 Å². The molecule has 0 aromatic heterocycles. The highest BCUT2D eigenvalue weighted by atomic mass is 127. The number of carbonyl (C=O) groups is 3. The smallest absolute Gasteiger partial charge is 0.303 e. The second-order valence-electron chi connectivity index (χ2n) is 15.5. The van der Waals surface area contributed by atoms with Gasteiger partial charge in [0.15, 0.2) is 0 Å². The van der Waals surface area contributed by atoms with Gasteiger partial charge in [0.2, 0.25) is 11.8 Å². The number of amides is 2. The lowest BCUT2D eigenvalue weighted by Gasteiger charge is -2.48. The third-order valence-electron chi connectivity index (χ3n) is 11.4. The molecule has 2 fully saturated rings. The number of esters is 1. The molecule has 0 spiro atoms. The molecular weight excluding hydrogens is 1030 g/mol. The summed E-state index contributed by atoms with van der Waals surface area (Å²) < 4.78 is 34.1. The summed E-state index contributed by atoms with van der Waals surface area (Å²) >= 11 is 4.45. The lowest BCUT2D eigenvalue weighted by molar-refractivity contribution is -0.147. The van der Waals surface area contributed by atoms with E-state index in [0.29, 0.717) is 36.8 Å². The van der Waals surface area contributed by atoms with Crippen LogP contribution in [0.4, 0.5) is 20.2 Å². The van der Waals surface area contributed by atoms with E-state index in [0.717, 1.165) is 29.6 Å². The van der Waals surface area contributed by atoms with E-state index in [9.17, 15) is 38.5 Å². The molecule has 2 aliphatic rings. The van der Waals surface area contributed by atoms with E-state index in [1.807, 2.05) is 72.8 Å². The van der Waals surface area contributed by atoms with Crippen molar-refractivity contribution in [2.75, 3.05) is 9.80 Å². The van der Waals surface area contributed by atoms with Crippen LogP contribution in [-0.4, -0.2) is 33.1 Å². The van der Waals surface area contributed by atoms with Crippen molar-refractivity contribution in [1.82, 2.24) is 0 Å². The predicted octanol–water partition coefficient (Wildman–Crippen LogP) is 11.3. The van der Waals surface area contributed by atoms with Gasteiger partial charge < -0.3 is 29.9 Å². The highest BCUT2D eigenvalue weighted by Crippen LogP contribution is 2.48. The van der Waals surface area contributed by atoms with Crippen molar-refractivity contribution in [3.05, 3.63) is 187 Å². The summed E-state index contributed by atoms with van der Waals surface area (Å²) in [5.41, 5.74) is 4.82. The summed E-state index contributed by atoms with van der Waals surface area (Å²) in [6, 6.07) is 40.6. The molecule has 8 rings (SSSR count). The molecule has 2 saturated heterocycles. The van der Waals surface area contributed by atoms with Gasteiger partial charge in [0, 0.05) is 25.4 Å². The second-order valence-corrected chi connectivity index (χ2v) is 18.0. The van der Waals surface area contributed by atoms with Crippen molar-refractivity contribution in [3.8, 4) is 11.5 Å². The molecule has 2 unspecified atom stereocenters. The van der Waals surface area contributed by atoms with Crippen molar-refractivity contribution in [2.45, 2.75) is 56.9 Å². The average Bonchev–Trinajstić information content (AvgIpc) is 3.27. The number of aliphatic hydroxyl groups is 1. The maximum Gasteiger partial charge on any atom is 0.303 e. The molecule has 6 atom stereocenters. The standard InChI is InChI=1S/C26H23FINO4.C24H21FINO3/c1-16(30)33-24(17-2-6-19(27)7-3-17)15-14-23-25(18-4-12-22(31)13-5-18)29(26(23)32)21-10-8-20(28)9-11-21;25-17-5-1-15(2-6-17)22(29)14-13-21-23(16-3-11-20(28)12-4-16)27(24(21)30)19-9-7-18(26)8-10-19/h2-13,23-25,31H,14-15H2,1H3;1-12,21-23,28-29H,13-14H2/t23?,24-,25+;21?,22-,23+/m00/s1. The molecule has 9 nitrogen and oxygen atoms in total. The van der Waals surface area contributed by atoms with Gasteiger partial charge in [-0.3, -0.25) is 14.4 Å². The van der Waals surface area contributed by atoms with Gasteiger partial charge in [0.05, 0.1) is 30.0 Å². The Morgan fingerprint density at radius 3 is 1.37 bits per heavy atom. The van der Waals surface area contributed by atoms with Crippen LogP contribution in [0, 0.1) is 30.6 Å². The van der Waals surface area contributed by atoms with Crippen LogP contribution in [-0.2, 0) is 19.1 Å². The first-order valence-corrected chi connectivity index (χ1v) is 22.5. The molecule has 0 bridgehead atoms. The van der Waals surface area contributed by atoms with E-state index >= 15 is 0 Å². The van der Waals surface area contributed by atoms with E-state index in [-0.39, 0.29) is 58.9 Å². The molecule has 6 aromatic carbocycles. The molecule has 2 amide bonds. The number of phenols is 2. The number of ether oxygens (including phenoxy) is 1. The molecule has 63 heavy (non-hydrogen) atoms. The Bertz CT molecular complexity index is 2510. The number of nitrogens with zero attached hydrogens (tertiary/aromatic N) is 2. The first kappa shape index (κ1) is 45.6. The van der Waals surface area contributed by atoms with Crippen LogP contribution in [0.15, 0.2) is 146 Å². The molecule has 0 radical (unpaired) electrons. The van der Waals surface area contributed by atoms with Gasteiger partial charge in [0.1, 0.15) is 29.2 Å². The number of hydrogen-bond donors (Lipinski definition) is 3. The summed E-state index contributed by atoms with van der Waals surface area (Å²) in [6.07, 6.45) is 0.494. The third-order valence-corrected chi connectivity index (χ3v) is 12.8. The molecule has 2 aliphatic heterocycles. The number of phenolic OH excluding ortho intramolecular Hbond substituents is 2. The first-order valence-electron chi connectivity index (χ1n) is 20.4. The number of carbonyl (C=O) groups excluding carboxylic acids is 3. The zero-order valence-corrected chi connectivity index (χ0v) is 38.3. The van der Waals surface area contributed by atoms with Crippen LogP contribution in [0.5, 0.6) is 11.5 Å². The molecular formula is C50H44F2I2N2O7. The Morgan fingerprint density at radius 2 is 0.968 bits per heavy atom. The lowest BCUT2D eigenvalue weighted by atomic mass is 9.78. The molecule has 6 aromatic rings. The van der Waals surface area contributed by atoms with Crippen LogP contribution >= 0.6 is 45.2 Å². The SMILES string of the molecule is CC(=O)O[C@@H](CCC1C(=O)N(c2ccc(I)cc2)[C@@H]1c1ccc(O)cc1)c1ccc(F)cc1.O=C1C(CC[C@H](O)c2ccc(F)cc2)[C@@H](c2ccc(O)cc2)N1c1ccc(I)cc1. The lowest BCUT2D eigenvalue weighted by Crippen LogP contribution is -2.55. The number of anilines is 2. The van der Waals surface area contributed by atoms with Crippen molar-refractivity contribution in [3.63, 3.8) is 0 Å². The van der Waals surface area contributed by atoms with Crippen LogP contribution in [0.25, 0.3) is 0 Å². The van der Waals surface area contributed by atoms with Gasteiger partial charge in [-0.2, -0.15) is 0 Å². The fraction of sp³-hybridized carbons (Fsp3) is 0.220. The van der Waals surface area contributed by atoms with Crippen molar-refractivity contribution in [2.24, 2.45) is 11.8 Å². The number of benzene rings is 6. The Balaban J connectivity index is 0.000000190. The normalized spacial score (nSPS) is 19.0. The highest BCUT2D eigenvalue weighted by molar-refractivity contribution is 14.1. The van der Waals surface area contributed by atoms with E-state index in [1.54, 1.807) is 58.3 Å². The highest BCUT2D eigenvalue weighted by Gasteiger charge is 2.49. The maximum atomic E-state index is 13.4. The Morgan fingerprint density at radius 1 is 0.587 bits per heavy atom. The maximum absolute atomic E-state index is 13.4. The minimum absolute atomic E-state index is 0.00466. The fourth-order valence-corrected chi connectivity index (χ4v) is 8.96. The quantitative estimate of drug-likeness (QED) is 0.0597. The number of hydrogen-bond acceptors (Lipinski definition) is 7. The summed E-state index contributed by atoms with van der Waals surface area (Å²) in [5.74, 6) is -1.39. The van der Waals surface area contributed by atoms with Gasteiger partial charge in [-0.05, 0) is 190 Å². The van der Waals surface area contributed by atoms with Crippen LogP contribution < -0.4 is 9.80 Å². The molecule has 0 saturated carbocycles. The van der Waals surface area contributed by atoms with E-state index in [2.05, 4.69) is 45.2 Å². The summed E-state index contributed by atoms with van der Waals surface area (Å²) in [6.45, 7) is 1.34. The third kappa shape index (κ3) is 10.9. The summed E-state index contributed by atoms with van der Waals surface area (Å²) in [4.78, 5) is 41.5. The molecule has 3 N–H and O–H groups in total. The zero-order valence-electron chi connectivity index (χ0n) is 34.0. The Kier molecular flexibility index (Phi) is 14.8. The topological polar surface area (TPSA) is 128 Å². The molecule has 324 valence electrons. The van der Waals surface area contributed by atoms with Crippen molar-refractivity contribution < 1.29 is 43.2 Å². The fourth-order valence-electron chi connectivity index (χ4n) is 8.24. The van der Waals surface area contributed by atoms with Gasteiger partial charge in [-0.1, -0.05) is 48.5 Å². The van der Waals surface area contributed by atoms with Gasteiger partial charge >= 0.3 is 5.97 Å². The predicted molar refractivity (Wildman–Crippen MR) is 253 cm³/mol. The number of β-lactam (4-membered cyclic amide) rings is 2. The molecule has 2 heterocycles. The summed E-state index contributed by atoms with van der Waals surface area (Å²) in [5, 5.41) is 29.8. The number of aromatic hydroxyl groups is 2. The largest absolute Gasteiger partial charge is 0.508 e. The van der Waals surface area contributed by atoms with Gasteiger partial charge in [0.25, 0.3) is 0 Å². The minimum atomic E-state index is -0.758. The van der Waals surface area contributed by atoms with Gasteiger partial charge in [-0.15, -0.1) is 0 Å². The van der Waals surface area contributed by atoms with Crippen LogP contribution in [0.2, 0.25) is 0 Å². The Labute approximate surface area is 391 Å². The second kappa shape index (κ2) is 20.4. The average molecular weight is 1080 g/mol. The summed E-state index contributed by atoms with van der Waals surface area (Å²) in [7, 11) is 0. The Hall–Kier alpha value is -5.39. The van der Waals surface area contributed by atoms with Crippen LogP contribution in [0.1, 0.15) is 79.2 Å². The van der Waals surface area contributed by atoms with E-state index < -0.39 is 18.2 Å². The van der Waals surface area contributed by atoms with Crippen molar-refractivity contribution in [1.29, 1.82) is 0 Å². The number of aliphatic hydroxyl groups excluding tert-OH is 1. The van der Waals surface area contributed by atoms with E-state index in [4.69, 9.17) is 4.74 Å². The number of rotatable bonds is 13. The zero-order chi connectivity index (χ0) is 44.8.